The van der Waals surface area contributed by atoms with E-state index >= 15 is 0 Å². The Kier molecular flexibility index (Phi) is 3.22. The lowest BCUT2D eigenvalue weighted by atomic mass is 10.1. The smallest absolute Gasteiger partial charge is 0.152 e. The number of halogens is 1. The molecule has 1 aromatic heterocycles. The lowest BCUT2D eigenvalue weighted by Gasteiger charge is -2.35. The van der Waals surface area contributed by atoms with Gasteiger partial charge in [0.1, 0.15) is 5.82 Å². The molecule has 0 saturated carbocycles. The molecule has 106 valence electrons. The van der Waals surface area contributed by atoms with E-state index in [-0.39, 0.29) is 11.9 Å². The summed E-state index contributed by atoms with van der Waals surface area (Å²) in [4.78, 5) is 13.0. The Balaban J connectivity index is 2.14. The van der Waals surface area contributed by atoms with Gasteiger partial charge in [0, 0.05) is 36.8 Å². The molecule has 3 rings (SSSR count). The SMILES string of the molecule is C[C@H]1COCCN1c1cc2c(cc1F)c(C=O)cn2C. The Hall–Kier alpha value is -1.88. The quantitative estimate of drug-likeness (QED) is 0.790. The average Bonchev–Trinajstić information content (AvgIpc) is 2.75. The molecule has 0 radical (unpaired) electrons. The van der Waals surface area contributed by atoms with E-state index in [2.05, 4.69) is 0 Å². The molecule has 1 aromatic carbocycles. The van der Waals surface area contributed by atoms with Gasteiger partial charge < -0.3 is 14.2 Å². The maximum atomic E-state index is 14.4. The van der Waals surface area contributed by atoms with Crippen LogP contribution in [-0.4, -0.2) is 36.7 Å². The number of aromatic nitrogens is 1. The zero-order valence-electron chi connectivity index (χ0n) is 11.6. The molecule has 0 spiro atoms. The number of rotatable bonds is 2. The minimum Gasteiger partial charge on any atom is -0.377 e. The van der Waals surface area contributed by atoms with Gasteiger partial charge in [0.05, 0.1) is 24.4 Å². The molecule has 2 heterocycles. The molecular formula is C15H17FN2O2. The van der Waals surface area contributed by atoms with Crippen molar-refractivity contribution in [1.29, 1.82) is 0 Å². The van der Waals surface area contributed by atoms with Crippen molar-refractivity contribution in [3.63, 3.8) is 0 Å². The van der Waals surface area contributed by atoms with E-state index in [1.807, 2.05) is 29.5 Å². The Morgan fingerprint density at radius 2 is 2.25 bits per heavy atom. The molecule has 0 aliphatic carbocycles. The van der Waals surface area contributed by atoms with E-state index < -0.39 is 0 Å². The van der Waals surface area contributed by atoms with Crippen LogP contribution in [0.5, 0.6) is 0 Å². The van der Waals surface area contributed by atoms with Gasteiger partial charge in [-0.15, -0.1) is 0 Å². The van der Waals surface area contributed by atoms with Gasteiger partial charge in [-0.1, -0.05) is 0 Å². The highest BCUT2D eigenvalue weighted by molar-refractivity contribution is 5.99. The molecule has 1 fully saturated rings. The summed E-state index contributed by atoms with van der Waals surface area (Å²) in [5.41, 5.74) is 1.96. The van der Waals surface area contributed by atoms with Gasteiger partial charge in [-0.2, -0.15) is 0 Å². The summed E-state index contributed by atoms with van der Waals surface area (Å²) in [6, 6.07) is 3.41. The number of morpholine rings is 1. The second kappa shape index (κ2) is 4.90. The van der Waals surface area contributed by atoms with Crippen LogP contribution in [-0.2, 0) is 11.8 Å². The first-order valence-electron chi connectivity index (χ1n) is 6.70. The van der Waals surface area contributed by atoms with Crippen molar-refractivity contribution >= 4 is 22.9 Å². The number of ether oxygens (including phenoxy) is 1. The highest BCUT2D eigenvalue weighted by atomic mass is 19.1. The second-order valence-electron chi connectivity index (χ2n) is 5.25. The Morgan fingerprint density at radius 3 is 2.95 bits per heavy atom. The Labute approximate surface area is 116 Å². The largest absolute Gasteiger partial charge is 0.377 e. The maximum Gasteiger partial charge on any atom is 0.152 e. The fraction of sp³-hybridized carbons (Fsp3) is 0.400. The third kappa shape index (κ3) is 1.98. The van der Waals surface area contributed by atoms with Crippen molar-refractivity contribution in [3.8, 4) is 0 Å². The number of hydrogen-bond acceptors (Lipinski definition) is 3. The average molecular weight is 276 g/mol. The van der Waals surface area contributed by atoms with Crippen molar-refractivity contribution in [2.24, 2.45) is 7.05 Å². The number of nitrogens with zero attached hydrogens (tertiary/aromatic N) is 2. The number of anilines is 1. The third-order valence-corrected chi connectivity index (χ3v) is 3.89. The lowest BCUT2D eigenvalue weighted by Crippen LogP contribution is -2.44. The summed E-state index contributed by atoms with van der Waals surface area (Å²) >= 11 is 0. The molecule has 0 amide bonds. The van der Waals surface area contributed by atoms with Crippen LogP contribution in [0, 0.1) is 5.82 Å². The minimum atomic E-state index is -0.291. The van der Waals surface area contributed by atoms with Crippen LogP contribution in [0.15, 0.2) is 18.3 Å². The van der Waals surface area contributed by atoms with E-state index in [0.29, 0.717) is 36.4 Å². The summed E-state index contributed by atoms with van der Waals surface area (Å²) in [5, 5.41) is 0.657. The fourth-order valence-electron chi connectivity index (χ4n) is 2.82. The predicted octanol–water partition coefficient (Wildman–Crippen LogP) is 2.36. The zero-order valence-corrected chi connectivity index (χ0v) is 11.6. The summed E-state index contributed by atoms with van der Waals surface area (Å²) in [7, 11) is 1.86. The highest BCUT2D eigenvalue weighted by Gasteiger charge is 2.23. The molecule has 1 aliphatic rings. The molecule has 0 bridgehead atoms. The molecule has 20 heavy (non-hydrogen) atoms. The predicted molar refractivity (Wildman–Crippen MR) is 75.9 cm³/mol. The van der Waals surface area contributed by atoms with Crippen LogP contribution < -0.4 is 4.90 Å². The van der Waals surface area contributed by atoms with E-state index in [0.717, 1.165) is 11.8 Å². The fourth-order valence-corrected chi connectivity index (χ4v) is 2.82. The van der Waals surface area contributed by atoms with E-state index in [9.17, 15) is 9.18 Å². The third-order valence-electron chi connectivity index (χ3n) is 3.89. The first kappa shape index (κ1) is 13.1. The van der Waals surface area contributed by atoms with Crippen molar-refractivity contribution < 1.29 is 13.9 Å². The number of fused-ring (bicyclic) bond motifs is 1. The van der Waals surface area contributed by atoms with Crippen LogP contribution in [0.1, 0.15) is 17.3 Å². The van der Waals surface area contributed by atoms with Crippen molar-refractivity contribution in [2.75, 3.05) is 24.7 Å². The second-order valence-corrected chi connectivity index (χ2v) is 5.25. The van der Waals surface area contributed by atoms with Gasteiger partial charge >= 0.3 is 0 Å². The van der Waals surface area contributed by atoms with Crippen LogP contribution in [0.25, 0.3) is 10.9 Å². The topological polar surface area (TPSA) is 34.5 Å². The Morgan fingerprint density at radius 1 is 1.45 bits per heavy atom. The standard InChI is InChI=1S/C15H17FN2O2/c1-10-9-20-4-3-18(10)15-6-14-12(5-13(15)16)11(8-19)7-17(14)2/h5-8,10H,3-4,9H2,1-2H3/t10-/m0/s1. The summed E-state index contributed by atoms with van der Waals surface area (Å²) in [6.45, 7) is 3.90. The lowest BCUT2D eigenvalue weighted by molar-refractivity contribution is 0.0986. The van der Waals surface area contributed by atoms with Crippen LogP contribution in [0.4, 0.5) is 10.1 Å². The summed E-state index contributed by atoms with van der Waals surface area (Å²) < 4.78 is 21.6. The number of aryl methyl sites for hydroxylation is 1. The maximum absolute atomic E-state index is 14.4. The van der Waals surface area contributed by atoms with Gasteiger partial charge in [-0.3, -0.25) is 4.79 Å². The molecule has 1 aliphatic heterocycles. The summed E-state index contributed by atoms with van der Waals surface area (Å²) in [6.07, 6.45) is 2.49. The van der Waals surface area contributed by atoms with E-state index in [1.54, 1.807) is 6.20 Å². The zero-order chi connectivity index (χ0) is 14.3. The van der Waals surface area contributed by atoms with Crippen molar-refractivity contribution in [3.05, 3.63) is 29.7 Å². The van der Waals surface area contributed by atoms with Gasteiger partial charge in [-0.25, -0.2) is 4.39 Å². The number of carbonyl (C=O) groups is 1. The van der Waals surface area contributed by atoms with Crippen LogP contribution in [0.3, 0.4) is 0 Å². The van der Waals surface area contributed by atoms with Gasteiger partial charge in [0.2, 0.25) is 0 Å². The highest BCUT2D eigenvalue weighted by Crippen LogP contribution is 2.30. The number of benzene rings is 1. The first-order chi connectivity index (χ1) is 9.61. The normalized spacial score (nSPS) is 19.6. The molecule has 1 atom stereocenters. The minimum absolute atomic E-state index is 0.140. The Bertz CT molecular complexity index is 665. The number of carbonyl (C=O) groups excluding carboxylic acids is 1. The molecule has 5 heteroatoms. The van der Waals surface area contributed by atoms with Gasteiger partial charge in [-0.05, 0) is 19.1 Å². The number of hydrogen-bond donors (Lipinski definition) is 0. The first-order valence-corrected chi connectivity index (χ1v) is 6.70. The molecule has 1 saturated heterocycles. The molecule has 0 N–H and O–H groups in total. The molecular weight excluding hydrogens is 259 g/mol. The monoisotopic (exact) mass is 276 g/mol. The van der Waals surface area contributed by atoms with Gasteiger partial charge in [0.25, 0.3) is 0 Å². The molecule has 4 nitrogen and oxygen atoms in total. The van der Waals surface area contributed by atoms with Crippen LogP contribution >= 0.6 is 0 Å². The van der Waals surface area contributed by atoms with Crippen molar-refractivity contribution in [1.82, 2.24) is 4.57 Å². The summed E-state index contributed by atoms with van der Waals surface area (Å²) in [5.74, 6) is -0.291. The number of aldehydes is 1. The van der Waals surface area contributed by atoms with E-state index in [1.165, 1.54) is 6.07 Å². The van der Waals surface area contributed by atoms with E-state index in [4.69, 9.17) is 4.74 Å². The van der Waals surface area contributed by atoms with Gasteiger partial charge in [0.15, 0.2) is 6.29 Å². The van der Waals surface area contributed by atoms with Crippen molar-refractivity contribution in [2.45, 2.75) is 13.0 Å². The molecule has 0 unspecified atom stereocenters. The van der Waals surface area contributed by atoms with Crippen LogP contribution in [0.2, 0.25) is 0 Å². The molecule has 2 aromatic rings.